The second kappa shape index (κ2) is 7.47. The number of imide groups is 1. The maximum Gasteiger partial charge on any atom is 0.332 e. The van der Waals surface area contributed by atoms with Crippen LogP contribution in [-0.4, -0.2) is 28.4 Å². The summed E-state index contributed by atoms with van der Waals surface area (Å²) in [7, 11) is 0. The van der Waals surface area contributed by atoms with Gasteiger partial charge >= 0.3 is 6.03 Å². The Bertz CT molecular complexity index is 1460. The van der Waals surface area contributed by atoms with E-state index >= 15 is 0 Å². The van der Waals surface area contributed by atoms with E-state index in [-0.39, 0.29) is 17.9 Å². The zero-order valence-corrected chi connectivity index (χ0v) is 19.8. The number of H-pyrrole nitrogens is 1. The van der Waals surface area contributed by atoms with Crippen LogP contribution in [-0.2, 0) is 16.8 Å². The van der Waals surface area contributed by atoms with E-state index in [2.05, 4.69) is 42.2 Å². The van der Waals surface area contributed by atoms with E-state index in [4.69, 9.17) is 11.6 Å². The molecule has 1 unspecified atom stereocenters. The lowest BCUT2D eigenvalue weighted by atomic mass is 9.78. The first-order chi connectivity index (χ1) is 16.4. The Hall–Kier alpha value is -3.57. The normalized spacial score (nSPS) is 21.8. The molecule has 5 nitrogen and oxygen atoms in total. The summed E-state index contributed by atoms with van der Waals surface area (Å²) in [6.07, 6.45) is 0.966. The molecule has 34 heavy (non-hydrogen) atoms. The summed E-state index contributed by atoms with van der Waals surface area (Å²) in [5.74, 6) is -0.355. The third kappa shape index (κ3) is 2.74. The van der Waals surface area contributed by atoms with Gasteiger partial charge in [0.1, 0.15) is 0 Å². The van der Waals surface area contributed by atoms with Gasteiger partial charge in [-0.2, -0.15) is 0 Å². The van der Waals surface area contributed by atoms with E-state index in [0.29, 0.717) is 17.3 Å². The number of para-hydroxylation sites is 2. The number of anilines is 1. The Kier molecular flexibility index (Phi) is 4.61. The van der Waals surface area contributed by atoms with Crippen molar-refractivity contribution in [3.05, 3.63) is 100 Å². The van der Waals surface area contributed by atoms with Crippen LogP contribution in [0.2, 0.25) is 5.02 Å². The average molecular weight is 470 g/mol. The number of benzene rings is 3. The van der Waals surface area contributed by atoms with Crippen LogP contribution in [0.4, 0.5) is 10.5 Å². The van der Waals surface area contributed by atoms with Crippen molar-refractivity contribution in [2.45, 2.75) is 31.7 Å². The number of urea groups is 1. The Morgan fingerprint density at radius 2 is 1.71 bits per heavy atom. The third-order valence-electron chi connectivity index (χ3n) is 7.41. The molecule has 0 spiro atoms. The molecule has 4 aromatic rings. The molecule has 1 fully saturated rings. The van der Waals surface area contributed by atoms with Gasteiger partial charge in [-0.25, -0.2) is 9.69 Å². The smallest absolute Gasteiger partial charge is 0.332 e. The number of carbonyl (C=O) groups is 2. The highest BCUT2D eigenvalue weighted by molar-refractivity contribution is 6.36. The van der Waals surface area contributed by atoms with Gasteiger partial charge in [-0.3, -0.25) is 4.79 Å². The number of rotatable bonds is 3. The molecule has 2 aliphatic rings. The van der Waals surface area contributed by atoms with Crippen LogP contribution in [0.5, 0.6) is 0 Å². The summed E-state index contributed by atoms with van der Waals surface area (Å²) in [4.78, 5) is 34.2. The van der Waals surface area contributed by atoms with Gasteiger partial charge in [0.05, 0.1) is 16.4 Å². The largest absolute Gasteiger partial charge is 0.356 e. The van der Waals surface area contributed by atoms with Crippen LogP contribution in [0.1, 0.15) is 42.1 Å². The number of fused-ring (bicyclic) bond motifs is 5. The van der Waals surface area contributed by atoms with Crippen molar-refractivity contribution in [3.63, 3.8) is 0 Å². The fourth-order valence-electron chi connectivity index (χ4n) is 5.52. The van der Waals surface area contributed by atoms with E-state index < -0.39 is 5.54 Å². The molecule has 0 bridgehead atoms. The molecule has 3 aromatic carbocycles. The number of nitrogens with zero attached hydrogens (tertiary/aromatic N) is 2. The molecule has 170 valence electrons. The first-order valence-electron chi connectivity index (χ1n) is 11.6. The van der Waals surface area contributed by atoms with Crippen LogP contribution >= 0.6 is 11.6 Å². The summed E-state index contributed by atoms with van der Waals surface area (Å²) >= 11 is 6.42. The molecule has 3 amide bonds. The van der Waals surface area contributed by atoms with Crippen molar-refractivity contribution in [1.82, 2.24) is 9.88 Å². The SMILES string of the molecule is CCc1ccc(C2CN3C(=O)N(c4ccccc4Cl)C(=O)[C@]3(C)c3[nH]c4ccccc4c32)cc1. The lowest BCUT2D eigenvalue weighted by Gasteiger charge is -2.40. The van der Waals surface area contributed by atoms with Crippen LogP contribution in [0.3, 0.4) is 0 Å². The van der Waals surface area contributed by atoms with Gasteiger partial charge in [0.25, 0.3) is 5.91 Å². The molecule has 3 heterocycles. The van der Waals surface area contributed by atoms with Gasteiger partial charge in [-0.15, -0.1) is 0 Å². The van der Waals surface area contributed by atoms with Gasteiger partial charge in [-0.05, 0) is 48.2 Å². The molecular formula is C28H24ClN3O2. The summed E-state index contributed by atoms with van der Waals surface area (Å²) in [5, 5.41) is 1.45. The lowest BCUT2D eigenvalue weighted by molar-refractivity contribution is -0.125. The number of nitrogens with one attached hydrogen (secondary N) is 1. The highest BCUT2D eigenvalue weighted by Gasteiger charge is 2.60. The Morgan fingerprint density at radius 3 is 2.44 bits per heavy atom. The number of amides is 3. The second-order valence-electron chi connectivity index (χ2n) is 9.16. The van der Waals surface area contributed by atoms with Gasteiger partial charge in [-0.1, -0.05) is 73.1 Å². The average Bonchev–Trinajstić information content (AvgIpc) is 3.34. The maximum atomic E-state index is 14.0. The van der Waals surface area contributed by atoms with Crippen molar-refractivity contribution in [2.75, 3.05) is 11.4 Å². The van der Waals surface area contributed by atoms with Gasteiger partial charge in [0, 0.05) is 23.4 Å². The maximum absolute atomic E-state index is 14.0. The molecule has 2 aliphatic heterocycles. The zero-order chi connectivity index (χ0) is 23.6. The Balaban J connectivity index is 1.58. The number of aryl methyl sites for hydroxylation is 1. The molecule has 1 saturated heterocycles. The molecule has 6 rings (SSSR count). The van der Waals surface area contributed by atoms with E-state index in [1.165, 1.54) is 10.5 Å². The minimum Gasteiger partial charge on any atom is -0.356 e. The standard InChI is InChI=1S/C28H24ClN3O2/c1-3-17-12-14-18(15-13-17)20-16-31-27(34)32(23-11-7-5-9-21(23)29)26(33)28(31,2)25-24(20)19-8-4-6-10-22(19)30-25/h4-15,20,30H,3,16H2,1-2H3/t20?,28-/m0/s1. The van der Waals surface area contributed by atoms with Gasteiger partial charge in [0.15, 0.2) is 5.54 Å². The molecule has 1 aromatic heterocycles. The summed E-state index contributed by atoms with van der Waals surface area (Å²) in [6, 6.07) is 23.3. The van der Waals surface area contributed by atoms with Crippen LogP contribution in [0.25, 0.3) is 10.9 Å². The van der Waals surface area contributed by atoms with Crippen LogP contribution < -0.4 is 4.90 Å². The fourth-order valence-corrected chi connectivity index (χ4v) is 5.74. The minimum absolute atomic E-state index is 0.0620. The van der Waals surface area contributed by atoms with Gasteiger partial charge in [0.2, 0.25) is 0 Å². The number of hydrogen-bond donors (Lipinski definition) is 1. The predicted molar refractivity (Wildman–Crippen MR) is 134 cm³/mol. The van der Waals surface area contributed by atoms with E-state index in [1.54, 1.807) is 29.2 Å². The molecule has 0 saturated carbocycles. The van der Waals surface area contributed by atoms with E-state index in [1.807, 2.05) is 25.1 Å². The Labute approximate surface area is 202 Å². The molecule has 2 atom stereocenters. The number of hydrogen-bond acceptors (Lipinski definition) is 2. The molecule has 0 aliphatic carbocycles. The topological polar surface area (TPSA) is 56.4 Å². The number of carbonyl (C=O) groups excluding carboxylic acids is 2. The van der Waals surface area contributed by atoms with Crippen molar-refractivity contribution in [1.29, 1.82) is 0 Å². The highest BCUT2D eigenvalue weighted by atomic mass is 35.5. The quantitative estimate of drug-likeness (QED) is 0.362. The third-order valence-corrected chi connectivity index (χ3v) is 7.73. The number of aromatic nitrogens is 1. The van der Waals surface area contributed by atoms with Crippen LogP contribution in [0, 0.1) is 0 Å². The van der Waals surface area contributed by atoms with E-state index in [0.717, 1.165) is 34.1 Å². The predicted octanol–water partition coefficient (Wildman–Crippen LogP) is 6.21. The molecule has 6 heteroatoms. The minimum atomic E-state index is -1.15. The van der Waals surface area contributed by atoms with Crippen molar-refractivity contribution in [3.8, 4) is 0 Å². The molecule has 0 radical (unpaired) electrons. The Morgan fingerprint density at radius 1 is 1.00 bits per heavy atom. The van der Waals surface area contributed by atoms with Crippen molar-refractivity contribution < 1.29 is 9.59 Å². The lowest BCUT2D eigenvalue weighted by Crippen LogP contribution is -2.50. The fraction of sp³-hybridized carbons (Fsp3) is 0.214. The molecule has 1 N–H and O–H groups in total. The number of halogens is 1. The number of aromatic amines is 1. The van der Waals surface area contributed by atoms with Gasteiger partial charge < -0.3 is 9.88 Å². The first-order valence-corrected chi connectivity index (χ1v) is 11.9. The van der Waals surface area contributed by atoms with Crippen molar-refractivity contribution >= 4 is 40.1 Å². The summed E-state index contributed by atoms with van der Waals surface area (Å²) < 4.78 is 0. The highest BCUT2D eigenvalue weighted by Crippen LogP contribution is 2.50. The second-order valence-corrected chi connectivity index (χ2v) is 9.57. The van der Waals surface area contributed by atoms with Crippen molar-refractivity contribution in [2.24, 2.45) is 0 Å². The summed E-state index contributed by atoms with van der Waals surface area (Å²) in [5.41, 5.74) is 4.48. The monoisotopic (exact) mass is 469 g/mol. The first kappa shape index (κ1) is 21.0. The van der Waals surface area contributed by atoms with E-state index in [9.17, 15) is 9.59 Å². The van der Waals surface area contributed by atoms with Crippen LogP contribution in [0.15, 0.2) is 72.8 Å². The zero-order valence-electron chi connectivity index (χ0n) is 19.0. The summed E-state index contributed by atoms with van der Waals surface area (Å²) in [6.45, 7) is 4.38. The molecular weight excluding hydrogens is 446 g/mol.